The zero-order chi connectivity index (χ0) is 67.6. The third kappa shape index (κ3) is 9.20. The molecule has 480 valence electrons. The van der Waals surface area contributed by atoms with Crippen LogP contribution in [0, 0.1) is 170 Å². The van der Waals surface area contributed by atoms with Gasteiger partial charge in [-0.25, -0.2) is 114 Å². The molecule has 0 aliphatic heterocycles. The zero-order valence-corrected chi connectivity index (χ0v) is 46.0. The van der Waals surface area contributed by atoms with Crippen molar-refractivity contribution in [2.24, 2.45) is 0 Å². The maximum absolute atomic E-state index is 18.1. The summed E-state index contributed by atoms with van der Waals surface area (Å²) in [6, 6.07) is 0. The lowest BCUT2D eigenvalue weighted by atomic mass is 9.11. The van der Waals surface area contributed by atoms with Gasteiger partial charge in [-0.3, -0.25) is 4.90 Å². The molecule has 0 amide bonds. The van der Waals surface area contributed by atoms with E-state index in [2.05, 4.69) is 0 Å². The molecular weight excluding hydrogens is 1280 g/mol. The minimum Gasteiger partial charge on any atom is -0.271 e. The van der Waals surface area contributed by atoms with Crippen LogP contribution in [0.5, 0.6) is 0 Å². The van der Waals surface area contributed by atoms with Gasteiger partial charge in [-0.2, -0.15) is 13.2 Å². The summed E-state index contributed by atoms with van der Waals surface area (Å²) in [7, 11) is 0. The first-order valence-corrected chi connectivity index (χ1v) is 26.1. The lowest BCUT2D eigenvalue weighted by Crippen LogP contribution is -3.07. The summed E-state index contributed by atoms with van der Waals surface area (Å²) in [6.07, 6.45) is -12.5. The molecule has 1 nitrogen and oxygen atoms in total. The largest absolute Gasteiger partial charge is 0.271 e. The second kappa shape index (κ2) is 24.3. The summed E-state index contributed by atoms with van der Waals surface area (Å²) in [6.45, 7) is 4.11. The molecule has 0 heterocycles. The number of aryl methyl sites for hydroxylation is 4. The smallest absolute Gasteiger partial charge is 0.225 e. The van der Waals surface area contributed by atoms with Crippen LogP contribution in [-0.4, -0.2) is 19.5 Å². The second-order valence-electron chi connectivity index (χ2n) is 20.1. The van der Waals surface area contributed by atoms with E-state index in [1.807, 2.05) is 0 Å². The monoisotopic (exact) mass is 1320 g/mol. The molecule has 9 rings (SSSR count). The third-order valence-electron chi connectivity index (χ3n) is 15.8. The molecule has 9 aromatic rings. The number of halogens is 29. The van der Waals surface area contributed by atoms with Crippen molar-refractivity contribution in [1.82, 2.24) is 0 Å². The highest BCUT2D eigenvalue weighted by Gasteiger charge is 2.51. The summed E-state index contributed by atoms with van der Waals surface area (Å²) >= 11 is 0. The van der Waals surface area contributed by atoms with Gasteiger partial charge in [0.15, 0.2) is 128 Å². The Morgan fingerprint density at radius 1 is 0.244 bits per heavy atom. The van der Waals surface area contributed by atoms with Crippen LogP contribution in [0.3, 0.4) is 0 Å². The van der Waals surface area contributed by atoms with Crippen LogP contribution in [-0.2, 0) is 25.7 Å². The van der Waals surface area contributed by atoms with E-state index in [1.165, 1.54) is 0 Å². The summed E-state index contributed by atoms with van der Waals surface area (Å²) < 4.78 is 464. The Labute approximate surface area is 485 Å². The van der Waals surface area contributed by atoms with E-state index in [0.717, 1.165) is 6.92 Å². The van der Waals surface area contributed by atoms with E-state index in [4.69, 9.17) is 0 Å². The lowest BCUT2D eigenvalue weighted by molar-refractivity contribution is -0.849. The number of quaternary nitrogens is 1. The van der Waals surface area contributed by atoms with Gasteiger partial charge >= 0.3 is 0 Å². The standard InChI is InChI=1S/C48H20BF24.C11H12F5N/c1-5-9-13-17(29(54)41(66)25(9)50)33(58)45(70)37(62)21(13)49(22-14-10(6-2)26(51)42(67)30(55)18(14)34(59)46(71)38(22)63,23-15-11(7-3)27(52)43(68)31(56)19(15)35(60)47(72)39(23)64)24-16-12(8-4)28(53)44(69)32(57)20(16)36(61)48(73)40(24)65;1-3-4-17(5-12)11-8(14)6(2)7(13)9(15)10(11)16/h5-8H2,1-4H3;3-5H2,1-2H3/q-1;/p+1. The second-order valence-corrected chi connectivity index (χ2v) is 20.1. The van der Waals surface area contributed by atoms with Gasteiger partial charge < -0.3 is 0 Å². The summed E-state index contributed by atoms with van der Waals surface area (Å²) in [4.78, 5) is -0.190. The topological polar surface area (TPSA) is 4.44 Å². The maximum Gasteiger partial charge on any atom is 0.225 e. The number of benzene rings is 9. The van der Waals surface area contributed by atoms with Crippen LogP contribution in [0.15, 0.2) is 0 Å². The maximum atomic E-state index is 18.1. The van der Waals surface area contributed by atoms with Crippen LogP contribution in [0.2, 0.25) is 0 Å². The molecular formula is C59H33BF29N. The van der Waals surface area contributed by atoms with E-state index in [9.17, 15) is 22.0 Å². The van der Waals surface area contributed by atoms with Crippen LogP contribution in [0.1, 0.15) is 68.9 Å². The van der Waals surface area contributed by atoms with Gasteiger partial charge in [0, 0.05) is 5.56 Å². The Balaban J connectivity index is 0.000000532. The molecule has 0 spiro atoms. The fourth-order valence-electron chi connectivity index (χ4n) is 12.0. The van der Waals surface area contributed by atoms with Crippen molar-refractivity contribution in [2.45, 2.75) is 73.6 Å². The lowest BCUT2D eigenvalue weighted by Gasteiger charge is -2.48. The number of alkyl halides is 1. The van der Waals surface area contributed by atoms with Gasteiger partial charge in [0.2, 0.25) is 24.1 Å². The van der Waals surface area contributed by atoms with E-state index < -0.39 is 300 Å². The Morgan fingerprint density at radius 2 is 0.456 bits per heavy atom. The van der Waals surface area contributed by atoms with E-state index in [0.29, 0.717) is 34.1 Å². The van der Waals surface area contributed by atoms with Gasteiger partial charge in [-0.1, -0.05) is 34.6 Å². The average molecular weight is 1320 g/mol. The van der Waals surface area contributed by atoms with Crippen molar-refractivity contribution in [2.75, 3.05) is 13.3 Å². The van der Waals surface area contributed by atoms with Gasteiger partial charge in [0.1, 0.15) is 29.4 Å². The SMILES string of the molecule is CCC[NH+](CF)c1c(F)c(C)c(F)c(F)c1F.CCc1c(F)c(F)c(F)c2c(F)c(F)c(F)c([B-](c3c(F)c(F)c(F)c4c(F)c(F)c(F)c(CC)c34)(c3c(F)c(F)c(F)c4c(F)c(F)c(F)c(CC)c34)c3c(F)c(F)c(F)c4c(F)c(F)c(F)c(CC)c34)c12. The van der Waals surface area contributed by atoms with Crippen molar-refractivity contribution >= 4 is 76.8 Å². The summed E-state index contributed by atoms with van der Waals surface area (Å²) in [5.74, 6) is -81.0. The first-order valence-electron chi connectivity index (χ1n) is 26.1. The highest BCUT2D eigenvalue weighted by atomic mass is 19.2. The molecule has 90 heavy (non-hydrogen) atoms. The number of nitrogens with one attached hydrogen (secondary N) is 1. The Kier molecular flexibility index (Phi) is 18.4. The fraction of sp³-hybridized carbons (Fsp3) is 0.220. The Bertz CT molecular complexity index is 4040. The molecule has 31 heteroatoms. The average Bonchev–Trinajstić information content (AvgIpc) is 0.663. The van der Waals surface area contributed by atoms with Crippen LogP contribution in [0.25, 0.3) is 43.1 Å². The fourth-order valence-corrected chi connectivity index (χ4v) is 12.0. The molecule has 1 atom stereocenters. The Hall–Kier alpha value is -7.99. The normalized spacial score (nSPS) is 12.4. The number of hydrogen-bond acceptors (Lipinski definition) is 0. The molecule has 0 fully saturated rings. The predicted octanol–water partition coefficient (Wildman–Crippen LogP) is 15.7. The molecule has 0 aromatic heterocycles. The highest BCUT2D eigenvalue weighted by Crippen LogP contribution is 2.43. The molecule has 0 aliphatic carbocycles. The Morgan fingerprint density at radius 3 is 0.656 bits per heavy atom. The number of rotatable bonds is 12. The highest BCUT2D eigenvalue weighted by molar-refractivity contribution is 7.23. The van der Waals surface area contributed by atoms with Crippen molar-refractivity contribution in [3.05, 3.63) is 191 Å². The molecule has 1 unspecified atom stereocenters. The van der Waals surface area contributed by atoms with Gasteiger partial charge in [-0.15, -0.1) is 21.9 Å². The molecule has 0 bridgehead atoms. The van der Waals surface area contributed by atoms with Gasteiger partial charge in [0.25, 0.3) is 0 Å². The zero-order valence-electron chi connectivity index (χ0n) is 46.0. The molecule has 0 saturated carbocycles. The molecule has 9 aromatic carbocycles. The quantitative estimate of drug-likeness (QED) is 0.0409. The van der Waals surface area contributed by atoms with E-state index >= 15 is 105 Å². The van der Waals surface area contributed by atoms with Gasteiger partial charge in [-0.05, 0) is 82.8 Å². The van der Waals surface area contributed by atoms with Crippen LogP contribution < -0.4 is 26.8 Å². The van der Waals surface area contributed by atoms with Crippen LogP contribution in [0.4, 0.5) is 133 Å². The number of hydrogen-bond donors (Lipinski definition) is 1. The van der Waals surface area contributed by atoms with E-state index in [-0.39, 0.29) is 11.4 Å². The molecule has 0 saturated heterocycles. The van der Waals surface area contributed by atoms with E-state index in [1.54, 1.807) is 6.92 Å². The minimum absolute atomic E-state index is 0.0921. The summed E-state index contributed by atoms with van der Waals surface area (Å²) in [5.41, 5.74) is -20.9. The first kappa shape index (κ1) is 67.9. The predicted molar refractivity (Wildman–Crippen MR) is 269 cm³/mol. The third-order valence-corrected chi connectivity index (χ3v) is 15.8. The van der Waals surface area contributed by atoms with Crippen molar-refractivity contribution in [1.29, 1.82) is 0 Å². The van der Waals surface area contributed by atoms with Crippen molar-refractivity contribution in [3.8, 4) is 0 Å². The van der Waals surface area contributed by atoms with Crippen molar-refractivity contribution in [3.63, 3.8) is 0 Å². The minimum atomic E-state index is -7.12. The first-order chi connectivity index (χ1) is 42.1. The van der Waals surface area contributed by atoms with Crippen molar-refractivity contribution < 1.29 is 132 Å². The molecule has 0 aliphatic rings. The van der Waals surface area contributed by atoms with Crippen LogP contribution >= 0.6 is 0 Å². The van der Waals surface area contributed by atoms with Gasteiger partial charge in [0.05, 0.1) is 28.1 Å². The number of fused-ring (bicyclic) bond motifs is 4. The molecule has 1 N–H and O–H groups in total. The summed E-state index contributed by atoms with van der Waals surface area (Å²) in [5, 5.41) is -19.9. The molecule has 0 radical (unpaired) electrons.